The molecule has 0 bridgehead atoms. The largest absolute Gasteiger partial charge is 0.504 e. The molecule has 2 fully saturated rings. The van der Waals surface area contributed by atoms with Crippen LogP contribution in [0.4, 0.5) is 0 Å². The van der Waals surface area contributed by atoms with Crippen molar-refractivity contribution in [1.82, 2.24) is 16.0 Å². The molecule has 7 N–H and O–H groups in total. The summed E-state index contributed by atoms with van der Waals surface area (Å²) in [6, 6.07) is 23.3. The number of methoxy groups -OCH3 is 1. The van der Waals surface area contributed by atoms with E-state index in [2.05, 4.69) is 77.6 Å². The van der Waals surface area contributed by atoms with Gasteiger partial charge >= 0.3 is 0 Å². The summed E-state index contributed by atoms with van der Waals surface area (Å²) in [5, 5.41) is 31.0. The van der Waals surface area contributed by atoms with Gasteiger partial charge in [-0.25, -0.2) is 0 Å². The average molecular weight is 831 g/mol. The maximum absolute atomic E-state index is 13.2. The number of carbonyl (C=O) groups excluding carboxylic acids is 2. The number of aliphatic hydroxyl groups excluding tert-OH is 1. The summed E-state index contributed by atoms with van der Waals surface area (Å²) in [5.41, 5.74) is 14.0. The molecule has 328 valence electrons. The fourth-order valence-corrected chi connectivity index (χ4v) is 10.2. The maximum Gasteiger partial charge on any atom is 0.163 e. The smallest absolute Gasteiger partial charge is 0.163 e. The van der Waals surface area contributed by atoms with Crippen LogP contribution in [-0.4, -0.2) is 67.8 Å². The van der Waals surface area contributed by atoms with Crippen LogP contribution in [0.25, 0.3) is 6.08 Å². The Balaban J connectivity index is 1.04. The van der Waals surface area contributed by atoms with Gasteiger partial charge in [-0.2, -0.15) is 0 Å². The number of dihydropyridines is 1. The number of carbonyl (C=O) groups is 2. The van der Waals surface area contributed by atoms with Crippen molar-refractivity contribution in [2.75, 3.05) is 33.9 Å². The van der Waals surface area contributed by atoms with E-state index in [-0.39, 0.29) is 36.5 Å². The molecule has 2 heterocycles. The van der Waals surface area contributed by atoms with Gasteiger partial charge in [-0.15, -0.1) is 0 Å². The molecular weight excluding hydrogens is 761 g/mol. The van der Waals surface area contributed by atoms with Gasteiger partial charge in [-0.1, -0.05) is 67.1 Å². The Hall–Kier alpha value is -4.54. The third-order valence-electron chi connectivity index (χ3n) is 13.5. The number of aliphatic hydroxyl groups is 1. The van der Waals surface area contributed by atoms with Gasteiger partial charge in [0.1, 0.15) is 5.78 Å². The van der Waals surface area contributed by atoms with Gasteiger partial charge in [0.2, 0.25) is 0 Å². The summed E-state index contributed by atoms with van der Waals surface area (Å²) in [4.78, 5) is 26.4. The third kappa shape index (κ3) is 13.7. The molecule has 0 amide bonds. The van der Waals surface area contributed by atoms with Crippen LogP contribution in [0.2, 0.25) is 0 Å². The first kappa shape index (κ1) is 46.0. The zero-order chi connectivity index (χ0) is 43.0. The summed E-state index contributed by atoms with van der Waals surface area (Å²) in [6.45, 7) is 2.39. The van der Waals surface area contributed by atoms with Crippen LogP contribution in [-0.2, 0) is 35.3 Å². The lowest BCUT2D eigenvalue weighted by Crippen LogP contribution is -2.50. The molecule has 9 nitrogen and oxygen atoms in total. The second-order valence-corrected chi connectivity index (χ2v) is 17.7. The van der Waals surface area contributed by atoms with E-state index in [1.54, 1.807) is 18.2 Å². The zero-order valence-corrected chi connectivity index (χ0v) is 36.5. The number of aryl methyl sites for hydroxylation is 3. The van der Waals surface area contributed by atoms with Gasteiger partial charge < -0.3 is 36.6 Å². The van der Waals surface area contributed by atoms with Crippen molar-refractivity contribution >= 4 is 17.6 Å². The molecule has 1 saturated carbocycles. The van der Waals surface area contributed by atoms with Gasteiger partial charge in [0, 0.05) is 25.3 Å². The molecule has 3 aliphatic rings. The van der Waals surface area contributed by atoms with Crippen LogP contribution >= 0.6 is 0 Å². The van der Waals surface area contributed by atoms with Gasteiger partial charge in [-0.3, -0.25) is 9.59 Å². The van der Waals surface area contributed by atoms with E-state index in [0.29, 0.717) is 36.5 Å². The topological polar surface area (TPSA) is 146 Å². The quantitative estimate of drug-likeness (QED) is 0.0417. The number of hydrogen-bond donors (Lipinski definition) is 6. The molecule has 3 aromatic rings. The van der Waals surface area contributed by atoms with E-state index in [4.69, 9.17) is 10.5 Å². The van der Waals surface area contributed by atoms with Gasteiger partial charge in [-0.05, 0) is 184 Å². The van der Waals surface area contributed by atoms with Crippen molar-refractivity contribution in [3.05, 3.63) is 124 Å². The fraction of sp³-hybridized carbons (Fsp3) is 0.500. The molecule has 0 aromatic heterocycles. The number of allylic oxidation sites excluding steroid dienone is 3. The number of phenolic OH excluding ortho intramolecular Hbond substituents is 1. The molecule has 3 aromatic carbocycles. The molecule has 2 aliphatic heterocycles. The molecule has 1 aliphatic carbocycles. The Bertz CT molecular complexity index is 1980. The van der Waals surface area contributed by atoms with Crippen molar-refractivity contribution in [2.24, 2.45) is 29.4 Å². The second-order valence-electron chi connectivity index (χ2n) is 17.7. The van der Waals surface area contributed by atoms with Crippen LogP contribution in [0, 0.1) is 23.7 Å². The predicted molar refractivity (Wildman–Crippen MR) is 246 cm³/mol. The first-order valence-corrected chi connectivity index (χ1v) is 22.9. The van der Waals surface area contributed by atoms with Crippen molar-refractivity contribution in [2.45, 2.75) is 109 Å². The third-order valence-corrected chi connectivity index (χ3v) is 13.5. The summed E-state index contributed by atoms with van der Waals surface area (Å²) in [5.74, 6) is 2.58. The van der Waals surface area contributed by atoms with E-state index in [0.717, 1.165) is 105 Å². The number of ketones is 2. The van der Waals surface area contributed by atoms with E-state index >= 15 is 0 Å². The summed E-state index contributed by atoms with van der Waals surface area (Å²) in [7, 11) is 3.60. The minimum atomic E-state index is -0.300. The van der Waals surface area contributed by atoms with Crippen LogP contribution in [0.3, 0.4) is 0 Å². The fourth-order valence-electron chi connectivity index (χ4n) is 10.2. The van der Waals surface area contributed by atoms with Gasteiger partial charge in [0.05, 0.1) is 19.7 Å². The van der Waals surface area contributed by atoms with Gasteiger partial charge in [0.15, 0.2) is 17.3 Å². The van der Waals surface area contributed by atoms with Crippen LogP contribution in [0.5, 0.6) is 11.5 Å². The highest BCUT2D eigenvalue weighted by Gasteiger charge is 2.40. The van der Waals surface area contributed by atoms with Crippen LogP contribution < -0.4 is 26.4 Å². The molecule has 9 heteroatoms. The Morgan fingerprint density at radius 1 is 0.934 bits per heavy atom. The first-order valence-electron chi connectivity index (χ1n) is 22.9. The molecule has 0 radical (unpaired) electrons. The number of ether oxygens (including phenoxy) is 1. The lowest BCUT2D eigenvalue weighted by molar-refractivity contribution is -0.124. The van der Waals surface area contributed by atoms with E-state index in [1.165, 1.54) is 49.1 Å². The summed E-state index contributed by atoms with van der Waals surface area (Å²) in [6.07, 6.45) is 19.6. The number of nitrogens with one attached hydrogen (secondary N) is 3. The molecule has 6 atom stereocenters. The molecule has 6 unspecified atom stereocenters. The SMILES string of the molecule is CNC1CCC2CNCCC2C1CC(CCCO)CCCC(=O)CC(=O)C=Cc1cc(OC)c(O)cc1CC1=CNC(N)C=C1CCc1cccc(CCc2ccccc2)c1. The van der Waals surface area contributed by atoms with Gasteiger partial charge in [0.25, 0.3) is 0 Å². The second kappa shape index (κ2) is 23.6. The molecular formula is C52H70N4O5. The number of hydrogen-bond acceptors (Lipinski definition) is 9. The summed E-state index contributed by atoms with van der Waals surface area (Å²) >= 11 is 0. The minimum absolute atomic E-state index is 0.0212. The normalized spacial score (nSPS) is 21.9. The summed E-state index contributed by atoms with van der Waals surface area (Å²) < 4.78 is 5.45. The zero-order valence-electron chi connectivity index (χ0n) is 36.5. The van der Waals surface area contributed by atoms with Crippen LogP contribution in [0.15, 0.2) is 96.2 Å². The lowest BCUT2D eigenvalue weighted by atomic mass is 9.64. The number of Topliss-reactive ketones (excluding diaryl/α,β-unsaturated/α-hetero) is 1. The first-order chi connectivity index (χ1) is 29.7. The monoisotopic (exact) mass is 831 g/mol. The molecule has 6 rings (SSSR count). The minimum Gasteiger partial charge on any atom is -0.504 e. The molecule has 61 heavy (non-hydrogen) atoms. The standard InChI is InChI=1S/C52H70N4O5/c1-54-49-23-21-42-34-55-25-24-47(42)48(49)28-37(14-8-26-57)13-7-15-45(58)33-46(59)22-20-40-31-51(61-2)50(60)30-43(40)29-44-35-56-52(53)32-41(44)19-18-39-12-6-11-38(27-39)17-16-36-9-4-3-5-10-36/h3-6,9-12,20,22,27,30-32,35,37,42,47-49,52,54-57,60H,7-8,13-19,21,23-26,28-29,33-34,53H2,1-2H3. The number of fused-ring (bicyclic) bond motifs is 1. The maximum atomic E-state index is 13.2. The van der Waals surface area contributed by atoms with Crippen molar-refractivity contribution in [3.8, 4) is 11.5 Å². The number of nitrogens with two attached hydrogens (primary N) is 1. The van der Waals surface area contributed by atoms with E-state index < -0.39 is 0 Å². The Morgan fingerprint density at radius 2 is 1.69 bits per heavy atom. The lowest BCUT2D eigenvalue weighted by Gasteiger charge is -2.47. The van der Waals surface area contributed by atoms with E-state index in [9.17, 15) is 19.8 Å². The Kier molecular flexibility index (Phi) is 17.8. The highest BCUT2D eigenvalue weighted by atomic mass is 16.5. The average Bonchev–Trinajstić information content (AvgIpc) is 3.27. The number of piperidine rings is 1. The number of phenols is 1. The number of aromatic hydroxyl groups is 1. The highest BCUT2D eigenvalue weighted by Crippen LogP contribution is 2.43. The van der Waals surface area contributed by atoms with Crippen molar-refractivity contribution < 1.29 is 24.5 Å². The number of benzene rings is 3. The van der Waals surface area contributed by atoms with Crippen molar-refractivity contribution in [3.63, 3.8) is 0 Å². The van der Waals surface area contributed by atoms with E-state index in [1.807, 2.05) is 12.3 Å². The molecule has 1 saturated heterocycles. The highest BCUT2D eigenvalue weighted by molar-refractivity contribution is 6.06. The Morgan fingerprint density at radius 3 is 2.46 bits per heavy atom. The predicted octanol–water partition coefficient (Wildman–Crippen LogP) is 7.77. The Labute approximate surface area is 364 Å². The number of rotatable bonds is 23. The molecule has 0 spiro atoms. The van der Waals surface area contributed by atoms with Crippen LogP contribution in [0.1, 0.15) is 98.4 Å². The van der Waals surface area contributed by atoms with Crippen molar-refractivity contribution in [1.29, 1.82) is 0 Å².